The van der Waals surface area contributed by atoms with Crippen molar-refractivity contribution in [3.63, 3.8) is 0 Å². The predicted molar refractivity (Wildman–Crippen MR) is 176 cm³/mol. The lowest BCUT2D eigenvalue weighted by atomic mass is 10.0. The molecule has 3 amide bonds. The van der Waals surface area contributed by atoms with Crippen molar-refractivity contribution in [3.8, 4) is 5.75 Å². The zero-order valence-corrected chi connectivity index (χ0v) is 27.8. The molecule has 1 aliphatic rings. The summed E-state index contributed by atoms with van der Waals surface area (Å²) in [5, 5.41) is 19.7. The molecule has 0 unspecified atom stereocenters. The lowest BCUT2D eigenvalue weighted by Crippen LogP contribution is -2.47. The Morgan fingerprint density at radius 3 is 2.61 bits per heavy atom. The fourth-order valence-corrected chi connectivity index (χ4v) is 5.57. The van der Waals surface area contributed by atoms with Crippen LogP contribution < -0.4 is 15.4 Å². The summed E-state index contributed by atoms with van der Waals surface area (Å²) in [6, 6.07) is 8.08. The maximum atomic E-state index is 14.3. The summed E-state index contributed by atoms with van der Waals surface area (Å²) < 4.78 is 17.9. The number of likely N-dealkylation sites (N-methyl/N-ethyl adjacent to an activating group) is 1. The number of amides is 3. The molecule has 0 saturated heterocycles. The van der Waals surface area contributed by atoms with Gasteiger partial charge >= 0.3 is 6.03 Å². The van der Waals surface area contributed by atoms with E-state index in [1.165, 1.54) is 0 Å². The van der Waals surface area contributed by atoms with Gasteiger partial charge in [0.25, 0.3) is 5.91 Å². The molecule has 3 heterocycles. The van der Waals surface area contributed by atoms with Crippen LogP contribution in [0.25, 0.3) is 0 Å². The highest BCUT2D eigenvalue weighted by atomic mass is 16.5. The summed E-state index contributed by atoms with van der Waals surface area (Å²) in [6.07, 6.45) is 5.86. The van der Waals surface area contributed by atoms with Crippen molar-refractivity contribution < 1.29 is 28.7 Å². The summed E-state index contributed by atoms with van der Waals surface area (Å²) in [5.74, 6) is 0.569. The number of ether oxygens (including phenoxy) is 2. The Labute approximate surface area is 271 Å². The molecule has 4 rings (SSSR count). The van der Waals surface area contributed by atoms with Crippen LogP contribution in [0.3, 0.4) is 0 Å². The standard InChI is InChI=1S/C34H48N6O6/c1-22-18-40(23(2)21-41)33(42)29-17-28(36-34(43)37-32-25(4)38-46-26(32)5)10-11-30(29)45-24(3)9-7-8-16-44-31(22)20-39(6)19-27-12-14-35-15-13-27/h10-15,17,22-24,31,41H,7-9,16,18-21H2,1-6H3,(H2,36,37,43)/t22-,23-,24-,31-/m0/s1. The molecule has 0 bridgehead atoms. The number of nitrogens with zero attached hydrogens (tertiary/aromatic N) is 4. The van der Waals surface area contributed by atoms with Gasteiger partial charge in [0.2, 0.25) is 0 Å². The van der Waals surface area contributed by atoms with Crippen molar-refractivity contribution in [1.82, 2.24) is 19.9 Å². The summed E-state index contributed by atoms with van der Waals surface area (Å²) in [4.78, 5) is 35.2. The average molecular weight is 637 g/mol. The fraction of sp³-hybridized carbons (Fsp3) is 0.529. The van der Waals surface area contributed by atoms with Crippen LogP contribution in [0.1, 0.15) is 67.4 Å². The van der Waals surface area contributed by atoms with Gasteiger partial charge in [0, 0.05) is 50.2 Å². The third-order valence-corrected chi connectivity index (χ3v) is 8.27. The second-order valence-corrected chi connectivity index (χ2v) is 12.3. The third kappa shape index (κ3) is 9.51. The highest BCUT2D eigenvalue weighted by Gasteiger charge is 2.30. The molecule has 0 radical (unpaired) electrons. The number of benzene rings is 1. The Balaban J connectivity index is 1.60. The van der Waals surface area contributed by atoms with Crippen LogP contribution in [0.2, 0.25) is 0 Å². The molecule has 46 heavy (non-hydrogen) atoms. The molecular weight excluding hydrogens is 588 g/mol. The lowest BCUT2D eigenvalue weighted by molar-refractivity contribution is -0.0177. The van der Waals surface area contributed by atoms with Gasteiger partial charge < -0.3 is 34.6 Å². The van der Waals surface area contributed by atoms with E-state index in [1.807, 2.05) is 26.0 Å². The van der Waals surface area contributed by atoms with Crippen molar-refractivity contribution >= 4 is 23.3 Å². The van der Waals surface area contributed by atoms with Crippen LogP contribution in [0, 0.1) is 19.8 Å². The van der Waals surface area contributed by atoms with E-state index in [9.17, 15) is 14.7 Å². The average Bonchev–Trinajstić information content (AvgIpc) is 3.34. The predicted octanol–water partition coefficient (Wildman–Crippen LogP) is 5.26. The molecule has 12 heteroatoms. The highest BCUT2D eigenvalue weighted by molar-refractivity contribution is 6.03. The monoisotopic (exact) mass is 636 g/mol. The van der Waals surface area contributed by atoms with Crippen molar-refractivity contribution in [1.29, 1.82) is 0 Å². The summed E-state index contributed by atoms with van der Waals surface area (Å²) in [5.41, 5.74) is 2.93. The number of hydrogen-bond donors (Lipinski definition) is 3. The lowest BCUT2D eigenvalue weighted by Gasteiger charge is -2.36. The highest BCUT2D eigenvalue weighted by Crippen LogP contribution is 2.29. The van der Waals surface area contributed by atoms with Gasteiger partial charge in [-0.05, 0) is 89.9 Å². The quantitative estimate of drug-likeness (QED) is 0.302. The minimum Gasteiger partial charge on any atom is -0.490 e. The van der Waals surface area contributed by atoms with E-state index in [0.29, 0.717) is 53.8 Å². The van der Waals surface area contributed by atoms with E-state index in [0.717, 1.165) is 31.4 Å². The number of nitrogens with one attached hydrogen (secondary N) is 2. The topological polar surface area (TPSA) is 142 Å². The van der Waals surface area contributed by atoms with Gasteiger partial charge in [-0.25, -0.2) is 4.79 Å². The Bertz CT molecular complexity index is 1410. The first-order chi connectivity index (χ1) is 22.0. The number of hydrogen-bond acceptors (Lipinski definition) is 9. The molecule has 0 fully saturated rings. The van der Waals surface area contributed by atoms with Crippen molar-refractivity contribution in [2.24, 2.45) is 5.92 Å². The zero-order chi connectivity index (χ0) is 33.2. The third-order valence-electron chi connectivity index (χ3n) is 8.27. The SMILES string of the molecule is Cc1noc(C)c1NC(=O)Nc1ccc2c(c1)C(=O)N([C@@H](C)CO)C[C@H](C)[C@H](CN(C)Cc1ccncc1)OCCCC[C@H](C)O2. The molecule has 4 atom stereocenters. The Morgan fingerprint density at radius 2 is 1.91 bits per heavy atom. The molecule has 12 nitrogen and oxygen atoms in total. The normalized spacial score (nSPS) is 20.4. The van der Waals surface area contributed by atoms with Crippen LogP contribution in [0.5, 0.6) is 5.75 Å². The van der Waals surface area contributed by atoms with E-state index in [2.05, 4.69) is 39.6 Å². The van der Waals surface area contributed by atoms with Gasteiger partial charge in [-0.15, -0.1) is 0 Å². The molecule has 0 aliphatic carbocycles. The molecule has 0 saturated carbocycles. The molecule has 2 aromatic heterocycles. The van der Waals surface area contributed by atoms with Gasteiger partial charge in [-0.3, -0.25) is 14.7 Å². The Kier molecular flexibility index (Phi) is 12.5. The zero-order valence-electron chi connectivity index (χ0n) is 27.8. The number of aliphatic hydroxyl groups excluding tert-OH is 1. The molecule has 3 aromatic rings. The number of rotatable bonds is 8. The summed E-state index contributed by atoms with van der Waals surface area (Å²) in [7, 11) is 2.06. The number of carbonyl (C=O) groups is 2. The van der Waals surface area contributed by atoms with E-state index in [-0.39, 0.29) is 30.6 Å². The summed E-state index contributed by atoms with van der Waals surface area (Å²) in [6.45, 7) is 11.5. The van der Waals surface area contributed by atoms with Gasteiger partial charge in [0.05, 0.1) is 30.4 Å². The minimum absolute atomic E-state index is 0.0498. The van der Waals surface area contributed by atoms with Gasteiger partial charge in [-0.2, -0.15) is 0 Å². The molecule has 3 N–H and O–H groups in total. The first-order valence-corrected chi connectivity index (χ1v) is 16.0. The number of carbonyl (C=O) groups excluding carboxylic acids is 2. The molecule has 0 spiro atoms. The van der Waals surface area contributed by atoms with Crippen LogP contribution in [-0.4, -0.2) is 88.6 Å². The first kappa shape index (κ1) is 34.9. The van der Waals surface area contributed by atoms with E-state index < -0.39 is 12.1 Å². The van der Waals surface area contributed by atoms with Crippen LogP contribution in [-0.2, 0) is 11.3 Å². The van der Waals surface area contributed by atoms with Crippen LogP contribution in [0.4, 0.5) is 16.2 Å². The number of aliphatic hydroxyl groups is 1. The van der Waals surface area contributed by atoms with Gasteiger partial charge in [-0.1, -0.05) is 12.1 Å². The first-order valence-electron chi connectivity index (χ1n) is 16.0. The molecule has 1 aliphatic heterocycles. The number of pyridine rings is 1. The number of fused-ring (bicyclic) bond motifs is 1. The van der Waals surface area contributed by atoms with Crippen LogP contribution in [0.15, 0.2) is 47.2 Å². The van der Waals surface area contributed by atoms with E-state index in [4.69, 9.17) is 14.0 Å². The largest absolute Gasteiger partial charge is 0.490 e. The van der Waals surface area contributed by atoms with Crippen molar-refractivity contribution in [2.75, 3.05) is 44.0 Å². The molecule has 1 aromatic carbocycles. The number of aromatic nitrogens is 2. The summed E-state index contributed by atoms with van der Waals surface area (Å²) >= 11 is 0. The van der Waals surface area contributed by atoms with Crippen molar-refractivity contribution in [2.45, 2.75) is 78.7 Å². The second-order valence-electron chi connectivity index (χ2n) is 12.3. The van der Waals surface area contributed by atoms with Crippen molar-refractivity contribution in [3.05, 3.63) is 65.3 Å². The maximum Gasteiger partial charge on any atom is 0.323 e. The van der Waals surface area contributed by atoms with Crippen LogP contribution >= 0.6 is 0 Å². The number of anilines is 2. The number of urea groups is 1. The second kappa shape index (κ2) is 16.5. The molecular formula is C34H48N6O6. The smallest absolute Gasteiger partial charge is 0.323 e. The number of aryl methyl sites for hydroxylation is 2. The molecule has 250 valence electrons. The Morgan fingerprint density at radius 1 is 1.15 bits per heavy atom. The van der Waals surface area contributed by atoms with Gasteiger partial charge in [0.15, 0.2) is 5.76 Å². The van der Waals surface area contributed by atoms with E-state index in [1.54, 1.807) is 49.3 Å². The fourth-order valence-electron chi connectivity index (χ4n) is 5.57. The minimum atomic E-state index is -0.498. The van der Waals surface area contributed by atoms with E-state index >= 15 is 0 Å². The van der Waals surface area contributed by atoms with Gasteiger partial charge in [0.1, 0.15) is 17.1 Å². The Hall–Kier alpha value is -4.00. The maximum absolute atomic E-state index is 14.3.